The topological polar surface area (TPSA) is 127 Å². The molecule has 0 aliphatic carbocycles. The number of rotatable bonds is 6. The number of carbonyl (C=O) groups is 3. The molecule has 3 aromatic rings. The zero-order valence-electron chi connectivity index (χ0n) is 17.9. The van der Waals surface area contributed by atoms with Gasteiger partial charge in [0, 0.05) is 18.3 Å². The van der Waals surface area contributed by atoms with Crippen LogP contribution in [0.25, 0.3) is 5.82 Å². The summed E-state index contributed by atoms with van der Waals surface area (Å²) in [5, 5.41) is 7.63. The Morgan fingerprint density at radius 1 is 1.09 bits per heavy atom. The van der Waals surface area contributed by atoms with Gasteiger partial charge in [0.25, 0.3) is 17.7 Å². The number of methoxy groups -OCH3 is 1. The number of benzene rings is 1. The monoisotopic (exact) mass is 490 g/mol. The smallest absolute Gasteiger partial charge is 0.274 e. The maximum Gasteiger partial charge on any atom is 0.274 e. The number of hydrogen-bond acceptors (Lipinski definition) is 6. The molecule has 0 fully saturated rings. The van der Waals surface area contributed by atoms with Gasteiger partial charge < -0.3 is 10.1 Å². The Balaban J connectivity index is 1.93. The van der Waals surface area contributed by atoms with Gasteiger partial charge in [-0.05, 0) is 49.7 Å². The molecule has 0 radical (unpaired) electrons. The van der Waals surface area contributed by atoms with Gasteiger partial charge >= 0.3 is 0 Å². The highest BCUT2D eigenvalue weighted by Gasteiger charge is 2.22. The molecule has 10 nitrogen and oxygen atoms in total. The fourth-order valence-electron chi connectivity index (χ4n) is 2.98. The SMILES string of the molecule is COCC(=O)NNC(=O)c1cc(Cl)cc(C)c1NC(=O)c1cc(C)nn1-c1ncccc1Cl. The number of halogens is 2. The van der Waals surface area contributed by atoms with Gasteiger partial charge in [0.05, 0.1) is 22.0 Å². The van der Waals surface area contributed by atoms with E-state index in [-0.39, 0.29) is 34.4 Å². The summed E-state index contributed by atoms with van der Waals surface area (Å²) in [5.74, 6) is -1.51. The Morgan fingerprint density at radius 3 is 2.55 bits per heavy atom. The summed E-state index contributed by atoms with van der Waals surface area (Å²) >= 11 is 12.4. The number of anilines is 1. The Morgan fingerprint density at radius 2 is 1.85 bits per heavy atom. The molecule has 12 heteroatoms. The third-order valence-corrected chi connectivity index (χ3v) is 4.89. The summed E-state index contributed by atoms with van der Waals surface area (Å²) in [4.78, 5) is 41.7. The first-order chi connectivity index (χ1) is 15.7. The molecule has 2 heterocycles. The number of pyridine rings is 1. The molecule has 0 aliphatic heterocycles. The summed E-state index contributed by atoms with van der Waals surface area (Å²) < 4.78 is 6.02. The lowest BCUT2D eigenvalue weighted by molar-refractivity contribution is -0.125. The molecular formula is C21H20Cl2N6O4. The van der Waals surface area contributed by atoms with Crippen molar-refractivity contribution in [1.82, 2.24) is 25.6 Å². The second-order valence-corrected chi connectivity index (χ2v) is 7.77. The van der Waals surface area contributed by atoms with E-state index in [1.807, 2.05) is 0 Å². The predicted molar refractivity (Wildman–Crippen MR) is 123 cm³/mol. The maximum atomic E-state index is 13.2. The Labute approximate surface area is 199 Å². The van der Waals surface area contributed by atoms with Crippen LogP contribution in [0.1, 0.15) is 32.1 Å². The van der Waals surface area contributed by atoms with E-state index in [9.17, 15) is 14.4 Å². The molecule has 0 aliphatic rings. The first kappa shape index (κ1) is 24.2. The molecule has 0 unspecified atom stereocenters. The summed E-state index contributed by atoms with van der Waals surface area (Å²) in [5.41, 5.74) is 5.99. The molecule has 3 rings (SSSR count). The Bertz CT molecular complexity index is 1230. The van der Waals surface area contributed by atoms with Gasteiger partial charge in [0.1, 0.15) is 12.3 Å². The summed E-state index contributed by atoms with van der Waals surface area (Å²) in [6, 6.07) is 7.83. The van der Waals surface area contributed by atoms with Crippen molar-refractivity contribution in [2.24, 2.45) is 0 Å². The minimum Gasteiger partial charge on any atom is -0.375 e. The zero-order valence-corrected chi connectivity index (χ0v) is 19.4. The van der Waals surface area contributed by atoms with E-state index < -0.39 is 17.7 Å². The molecule has 0 spiro atoms. The van der Waals surface area contributed by atoms with Crippen molar-refractivity contribution in [3.8, 4) is 5.82 Å². The predicted octanol–water partition coefficient (Wildman–Crippen LogP) is 2.85. The van der Waals surface area contributed by atoms with Gasteiger partial charge in [-0.25, -0.2) is 9.67 Å². The first-order valence-corrected chi connectivity index (χ1v) is 10.3. The Hall–Kier alpha value is -3.47. The lowest BCUT2D eigenvalue weighted by Gasteiger charge is -2.15. The van der Waals surface area contributed by atoms with Gasteiger partial charge in [-0.15, -0.1) is 0 Å². The molecule has 3 N–H and O–H groups in total. The van der Waals surface area contributed by atoms with Crippen molar-refractivity contribution in [2.45, 2.75) is 13.8 Å². The quantitative estimate of drug-likeness (QED) is 0.455. The lowest BCUT2D eigenvalue weighted by atomic mass is 10.1. The van der Waals surface area contributed by atoms with Crippen LogP contribution in [0.2, 0.25) is 10.0 Å². The minimum atomic E-state index is -0.683. The van der Waals surface area contributed by atoms with Gasteiger partial charge in [0.15, 0.2) is 5.82 Å². The number of nitrogens with zero attached hydrogens (tertiary/aromatic N) is 3. The van der Waals surface area contributed by atoms with Crippen LogP contribution in [0, 0.1) is 13.8 Å². The summed E-state index contributed by atoms with van der Waals surface area (Å²) in [6.07, 6.45) is 1.53. The molecule has 0 saturated carbocycles. The van der Waals surface area contributed by atoms with Gasteiger partial charge in [-0.3, -0.25) is 25.2 Å². The van der Waals surface area contributed by atoms with E-state index >= 15 is 0 Å². The van der Waals surface area contributed by atoms with Crippen molar-refractivity contribution in [3.05, 3.63) is 69.1 Å². The van der Waals surface area contributed by atoms with Crippen LogP contribution < -0.4 is 16.2 Å². The van der Waals surface area contributed by atoms with Crippen molar-refractivity contribution in [1.29, 1.82) is 0 Å². The second-order valence-electron chi connectivity index (χ2n) is 6.93. The molecule has 0 saturated heterocycles. The van der Waals surface area contributed by atoms with Crippen molar-refractivity contribution >= 4 is 46.6 Å². The number of hydrogen-bond donors (Lipinski definition) is 3. The first-order valence-electron chi connectivity index (χ1n) is 9.58. The van der Waals surface area contributed by atoms with Crippen molar-refractivity contribution in [2.75, 3.05) is 19.0 Å². The molecular weight excluding hydrogens is 471 g/mol. The second kappa shape index (κ2) is 10.4. The van der Waals surface area contributed by atoms with Crippen LogP contribution in [0.5, 0.6) is 0 Å². The molecule has 2 aromatic heterocycles. The molecule has 0 atom stereocenters. The van der Waals surface area contributed by atoms with Crippen LogP contribution in [0.15, 0.2) is 36.5 Å². The maximum absolute atomic E-state index is 13.2. The number of hydrazine groups is 1. The summed E-state index contributed by atoms with van der Waals surface area (Å²) in [7, 11) is 1.35. The highest BCUT2D eigenvalue weighted by molar-refractivity contribution is 6.32. The van der Waals surface area contributed by atoms with E-state index in [0.29, 0.717) is 16.3 Å². The van der Waals surface area contributed by atoms with Crippen molar-refractivity contribution < 1.29 is 19.1 Å². The standard InChI is InChI=1S/C21H20Cl2N6O4/c1-11-7-13(22)9-14(20(31)27-26-17(30)10-33-3)18(11)25-21(32)16-8-12(2)28-29(16)19-15(23)5-4-6-24-19/h4-9H,10H2,1-3H3,(H,25,32)(H,26,30)(H,27,31). The number of ether oxygens (including phenoxy) is 1. The Kier molecular flexibility index (Phi) is 7.64. The lowest BCUT2D eigenvalue weighted by Crippen LogP contribution is -2.43. The van der Waals surface area contributed by atoms with Crippen LogP contribution in [0.3, 0.4) is 0 Å². The molecule has 172 valence electrons. The molecule has 0 bridgehead atoms. The van der Waals surface area contributed by atoms with Crippen molar-refractivity contribution in [3.63, 3.8) is 0 Å². The molecule has 1 aromatic carbocycles. The third-order valence-electron chi connectivity index (χ3n) is 4.38. The van der Waals surface area contributed by atoms with E-state index in [1.54, 1.807) is 38.1 Å². The number of carbonyl (C=O) groups excluding carboxylic acids is 3. The number of aryl methyl sites for hydroxylation is 2. The van der Waals surface area contributed by atoms with Gasteiger partial charge in [-0.1, -0.05) is 23.2 Å². The van der Waals surface area contributed by atoms with Crippen LogP contribution >= 0.6 is 23.2 Å². The van der Waals surface area contributed by atoms with E-state index in [0.717, 1.165) is 0 Å². The molecule has 33 heavy (non-hydrogen) atoms. The molecule has 3 amide bonds. The minimum absolute atomic E-state index is 0.0460. The average molecular weight is 491 g/mol. The van der Waals surface area contributed by atoms with Gasteiger partial charge in [-0.2, -0.15) is 5.10 Å². The average Bonchev–Trinajstić information content (AvgIpc) is 3.15. The van der Waals surface area contributed by atoms with E-state index in [4.69, 9.17) is 27.9 Å². The highest BCUT2D eigenvalue weighted by atomic mass is 35.5. The third kappa shape index (κ3) is 5.67. The number of nitrogens with one attached hydrogen (secondary N) is 3. The van der Waals surface area contributed by atoms with E-state index in [2.05, 4.69) is 26.3 Å². The fraction of sp³-hybridized carbons (Fsp3) is 0.190. The summed E-state index contributed by atoms with van der Waals surface area (Å²) in [6.45, 7) is 3.16. The largest absolute Gasteiger partial charge is 0.375 e. The van der Waals surface area contributed by atoms with E-state index in [1.165, 1.54) is 24.1 Å². The highest BCUT2D eigenvalue weighted by Crippen LogP contribution is 2.27. The number of aromatic nitrogens is 3. The van der Waals surface area contributed by atoms with Gasteiger partial charge in [0.2, 0.25) is 0 Å². The normalized spacial score (nSPS) is 10.6. The van der Waals surface area contributed by atoms with Crippen LogP contribution in [-0.2, 0) is 9.53 Å². The van der Waals surface area contributed by atoms with Crippen LogP contribution in [-0.4, -0.2) is 46.2 Å². The van der Waals surface area contributed by atoms with Crippen LogP contribution in [0.4, 0.5) is 5.69 Å². The number of amides is 3. The zero-order chi connectivity index (χ0) is 24.1. The fourth-order valence-corrected chi connectivity index (χ4v) is 3.46.